The average molecular weight is 475 g/mol. The van der Waals surface area contributed by atoms with E-state index >= 15 is 0 Å². The van der Waals surface area contributed by atoms with Crippen molar-refractivity contribution in [2.24, 2.45) is 0 Å². The highest BCUT2D eigenvalue weighted by Crippen LogP contribution is 2.52. The Balaban J connectivity index is 1.47. The van der Waals surface area contributed by atoms with Gasteiger partial charge in [0.1, 0.15) is 0 Å². The van der Waals surface area contributed by atoms with Crippen molar-refractivity contribution in [3.63, 3.8) is 0 Å². The first-order valence-corrected chi connectivity index (χ1v) is 12.8. The fraction of sp³-hybridized carbons (Fsp3) is 0.0857. The zero-order valence-corrected chi connectivity index (χ0v) is 20.9. The quantitative estimate of drug-likeness (QED) is 0.256. The molecule has 0 spiro atoms. The van der Waals surface area contributed by atoms with Gasteiger partial charge in [0.05, 0.1) is 11.2 Å². The highest BCUT2D eigenvalue weighted by Gasteiger charge is 2.37. The minimum absolute atomic E-state index is 0.0758. The standard InChI is InChI=1S/C35H26N2/c1-35(2)30-19-10-9-16-27(30)28-18-11-17-26(32(28)35)25-20-21-29-31(22-25)36-34(24-14-7-4-8-15-24)37-33(29)23-12-5-3-6-13-23/h3-22H,1-2H3. The molecule has 0 saturated carbocycles. The first-order valence-electron chi connectivity index (χ1n) is 12.8. The summed E-state index contributed by atoms with van der Waals surface area (Å²) in [7, 11) is 0. The molecule has 0 amide bonds. The summed E-state index contributed by atoms with van der Waals surface area (Å²) in [4.78, 5) is 10.1. The maximum absolute atomic E-state index is 5.08. The van der Waals surface area contributed by atoms with E-state index in [0.717, 1.165) is 33.5 Å². The van der Waals surface area contributed by atoms with Crippen LogP contribution in [0.1, 0.15) is 25.0 Å². The van der Waals surface area contributed by atoms with Crippen LogP contribution in [0.25, 0.3) is 55.8 Å². The summed E-state index contributed by atoms with van der Waals surface area (Å²) in [6.07, 6.45) is 0. The first kappa shape index (κ1) is 21.7. The highest BCUT2D eigenvalue weighted by molar-refractivity contribution is 5.97. The summed E-state index contributed by atoms with van der Waals surface area (Å²) < 4.78 is 0. The Morgan fingerprint density at radius 3 is 1.95 bits per heavy atom. The fourth-order valence-electron chi connectivity index (χ4n) is 5.92. The zero-order valence-electron chi connectivity index (χ0n) is 20.9. The van der Waals surface area contributed by atoms with Gasteiger partial charge >= 0.3 is 0 Å². The van der Waals surface area contributed by atoms with E-state index in [2.05, 4.69) is 111 Å². The molecule has 176 valence electrons. The van der Waals surface area contributed by atoms with Crippen molar-refractivity contribution < 1.29 is 0 Å². The lowest BCUT2D eigenvalue weighted by atomic mass is 9.79. The van der Waals surface area contributed by atoms with E-state index in [1.807, 2.05) is 24.3 Å². The second-order valence-corrected chi connectivity index (χ2v) is 10.3. The molecule has 2 nitrogen and oxygen atoms in total. The van der Waals surface area contributed by atoms with Crippen LogP contribution in [0.4, 0.5) is 0 Å². The van der Waals surface area contributed by atoms with Gasteiger partial charge in [-0.15, -0.1) is 0 Å². The van der Waals surface area contributed by atoms with Gasteiger partial charge in [-0.25, -0.2) is 9.97 Å². The van der Waals surface area contributed by atoms with Crippen molar-refractivity contribution in [1.29, 1.82) is 0 Å². The average Bonchev–Trinajstić information content (AvgIpc) is 3.20. The van der Waals surface area contributed by atoms with Crippen molar-refractivity contribution >= 4 is 10.9 Å². The predicted molar refractivity (Wildman–Crippen MR) is 153 cm³/mol. The molecule has 0 aliphatic heterocycles. The number of rotatable bonds is 3. The molecule has 6 aromatic rings. The smallest absolute Gasteiger partial charge is 0.160 e. The molecule has 0 fully saturated rings. The minimum atomic E-state index is -0.0758. The molecule has 0 bridgehead atoms. The van der Waals surface area contributed by atoms with Gasteiger partial charge < -0.3 is 0 Å². The van der Waals surface area contributed by atoms with Crippen LogP contribution >= 0.6 is 0 Å². The summed E-state index contributed by atoms with van der Waals surface area (Å²) in [5.74, 6) is 0.745. The molecule has 0 N–H and O–H groups in total. The SMILES string of the molecule is CC1(C)c2ccccc2-c2cccc(-c3ccc4c(-c5ccccc5)nc(-c5ccccc5)nc4c3)c21. The van der Waals surface area contributed by atoms with Gasteiger partial charge in [0.2, 0.25) is 0 Å². The van der Waals surface area contributed by atoms with E-state index in [9.17, 15) is 0 Å². The molecule has 0 radical (unpaired) electrons. The Morgan fingerprint density at radius 1 is 0.514 bits per heavy atom. The summed E-state index contributed by atoms with van der Waals surface area (Å²) in [5.41, 5.74) is 11.8. The Hall–Kier alpha value is -4.56. The van der Waals surface area contributed by atoms with Gasteiger partial charge in [0.25, 0.3) is 0 Å². The van der Waals surface area contributed by atoms with Crippen LogP contribution in [0.15, 0.2) is 121 Å². The second-order valence-electron chi connectivity index (χ2n) is 10.3. The van der Waals surface area contributed by atoms with Gasteiger partial charge in [0.15, 0.2) is 5.82 Å². The van der Waals surface area contributed by atoms with Crippen molar-refractivity contribution in [2.45, 2.75) is 19.3 Å². The Bertz CT molecular complexity index is 1780. The normalized spacial score (nSPS) is 13.4. The zero-order chi connectivity index (χ0) is 25.0. The number of benzene rings is 5. The van der Waals surface area contributed by atoms with Crippen LogP contribution in [-0.2, 0) is 5.41 Å². The maximum atomic E-state index is 5.08. The number of hydrogen-bond donors (Lipinski definition) is 0. The number of fused-ring (bicyclic) bond motifs is 4. The molecular formula is C35H26N2. The van der Waals surface area contributed by atoms with E-state index in [-0.39, 0.29) is 5.41 Å². The molecule has 2 heteroatoms. The van der Waals surface area contributed by atoms with E-state index < -0.39 is 0 Å². The number of hydrogen-bond acceptors (Lipinski definition) is 2. The molecule has 1 aliphatic rings. The lowest BCUT2D eigenvalue weighted by Crippen LogP contribution is -2.16. The van der Waals surface area contributed by atoms with Crippen LogP contribution in [0.5, 0.6) is 0 Å². The van der Waals surface area contributed by atoms with Crippen molar-refractivity contribution in [3.05, 3.63) is 132 Å². The molecule has 7 rings (SSSR count). The van der Waals surface area contributed by atoms with Crippen LogP contribution < -0.4 is 0 Å². The van der Waals surface area contributed by atoms with Crippen molar-refractivity contribution in [3.8, 4) is 44.9 Å². The molecule has 0 atom stereocenters. The largest absolute Gasteiger partial charge is 0.228 e. The number of nitrogens with zero attached hydrogens (tertiary/aromatic N) is 2. The molecule has 37 heavy (non-hydrogen) atoms. The van der Waals surface area contributed by atoms with E-state index in [1.54, 1.807) is 0 Å². The van der Waals surface area contributed by atoms with Gasteiger partial charge in [0, 0.05) is 21.9 Å². The third-order valence-corrected chi connectivity index (χ3v) is 7.67. The molecular weight excluding hydrogens is 448 g/mol. The Kier molecular flexibility index (Phi) is 4.84. The molecule has 0 unspecified atom stereocenters. The lowest BCUT2D eigenvalue weighted by molar-refractivity contribution is 0.662. The van der Waals surface area contributed by atoms with Gasteiger partial charge in [-0.1, -0.05) is 123 Å². The topological polar surface area (TPSA) is 25.8 Å². The minimum Gasteiger partial charge on any atom is -0.228 e. The lowest BCUT2D eigenvalue weighted by Gasteiger charge is -2.24. The summed E-state index contributed by atoms with van der Waals surface area (Å²) >= 11 is 0. The summed E-state index contributed by atoms with van der Waals surface area (Å²) in [5, 5.41) is 1.06. The van der Waals surface area contributed by atoms with E-state index in [1.165, 1.54) is 33.4 Å². The van der Waals surface area contributed by atoms with E-state index in [4.69, 9.17) is 9.97 Å². The van der Waals surface area contributed by atoms with Gasteiger partial charge in [-0.2, -0.15) is 0 Å². The maximum Gasteiger partial charge on any atom is 0.160 e. The highest BCUT2D eigenvalue weighted by atomic mass is 14.9. The third kappa shape index (κ3) is 3.41. The Morgan fingerprint density at radius 2 is 1.16 bits per heavy atom. The van der Waals surface area contributed by atoms with Crippen molar-refractivity contribution in [1.82, 2.24) is 9.97 Å². The first-order chi connectivity index (χ1) is 18.1. The fourth-order valence-corrected chi connectivity index (χ4v) is 5.92. The van der Waals surface area contributed by atoms with Crippen LogP contribution in [0.3, 0.4) is 0 Å². The monoisotopic (exact) mass is 474 g/mol. The second kappa shape index (κ2) is 8.25. The van der Waals surface area contributed by atoms with Crippen molar-refractivity contribution in [2.75, 3.05) is 0 Å². The van der Waals surface area contributed by atoms with E-state index in [0.29, 0.717) is 0 Å². The predicted octanol–water partition coefficient (Wildman–Crippen LogP) is 8.94. The summed E-state index contributed by atoms with van der Waals surface area (Å²) in [6, 6.07) is 42.8. The van der Waals surface area contributed by atoms with Crippen LogP contribution in [-0.4, -0.2) is 9.97 Å². The Labute approximate surface area is 217 Å². The molecule has 1 aromatic heterocycles. The molecule has 1 aliphatic carbocycles. The van der Waals surface area contributed by atoms with Crippen LogP contribution in [0, 0.1) is 0 Å². The molecule has 0 saturated heterocycles. The van der Waals surface area contributed by atoms with Crippen LogP contribution in [0.2, 0.25) is 0 Å². The molecule has 5 aromatic carbocycles. The molecule has 1 heterocycles. The van der Waals surface area contributed by atoms with Gasteiger partial charge in [-0.05, 0) is 45.5 Å². The van der Waals surface area contributed by atoms with Gasteiger partial charge in [-0.3, -0.25) is 0 Å². The number of aromatic nitrogens is 2. The third-order valence-electron chi connectivity index (χ3n) is 7.67. The summed E-state index contributed by atoms with van der Waals surface area (Å²) in [6.45, 7) is 4.68.